The number of nitro benzene ring substituents is 1. The van der Waals surface area contributed by atoms with Crippen LogP contribution in [0.5, 0.6) is 0 Å². The summed E-state index contributed by atoms with van der Waals surface area (Å²) in [6.07, 6.45) is 0. The number of nitro groups is 1. The molecular weight excluding hydrogens is 217 g/mol. The van der Waals surface area contributed by atoms with Crippen molar-refractivity contribution in [1.82, 2.24) is 0 Å². The van der Waals surface area contributed by atoms with Crippen LogP contribution in [0.1, 0.15) is 5.56 Å². The number of rotatable bonds is 2. The average Bonchev–Trinajstić information content (AvgIpc) is 2.04. The van der Waals surface area contributed by atoms with Gasteiger partial charge in [0.1, 0.15) is 0 Å². The molecule has 1 N–H and O–H groups in total. The third-order valence-electron chi connectivity index (χ3n) is 1.33. The third-order valence-corrected chi connectivity index (χ3v) is 1.56. The standard InChI is InChI=1S/C7H5NO3S.K.H/c9-7(12)5-1-3-6(4-2-5)8(10)11;;/h1-4H,(H,9,12);;. The van der Waals surface area contributed by atoms with Crippen molar-refractivity contribution in [3.8, 4) is 0 Å². The average molecular weight is 223 g/mol. The van der Waals surface area contributed by atoms with E-state index in [9.17, 15) is 10.1 Å². The second-order valence-corrected chi connectivity index (χ2v) is 2.50. The third kappa shape index (κ3) is 3.80. The predicted octanol–water partition coefficient (Wildman–Crippen LogP) is 1.18. The van der Waals surface area contributed by atoms with Crippen LogP contribution in [0.25, 0.3) is 0 Å². The van der Waals surface area contributed by atoms with Crippen molar-refractivity contribution in [1.29, 1.82) is 0 Å². The van der Waals surface area contributed by atoms with Gasteiger partial charge in [-0.25, -0.2) is 0 Å². The molecule has 0 unspecified atom stereocenters. The molecule has 0 amide bonds. The Morgan fingerprint density at radius 3 is 2.15 bits per heavy atom. The van der Waals surface area contributed by atoms with Crippen LogP contribution in [0.3, 0.4) is 0 Å². The molecule has 0 saturated carbocycles. The molecule has 1 aromatic carbocycles. The number of thiocarbonyl (C=S) groups is 1. The number of non-ortho nitro benzene ring substituents is 1. The van der Waals surface area contributed by atoms with Crippen LogP contribution in [0, 0.1) is 10.1 Å². The van der Waals surface area contributed by atoms with E-state index in [2.05, 4.69) is 12.2 Å². The van der Waals surface area contributed by atoms with Gasteiger partial charge < -0.3 is 5.11 Å². The van der Waals surface area contributed by atoms with Gasteiger partial charge in [-0.1, -0.05) is 0 Å². The zero-order chi connectivity index (χ0) is 9.14. The van der Waals surface area contributed by atoms with Gasteiger partial charge in [0.25, 0.3) is 5.69 Å². The fourth-order valence-corrected chi connectivity index (χ4v) is 0.862. The minimum atomic E-state index is -0.510. The molecule has 13 heavy (non-hydrogen) atoms. The van der Waals surface area contributed by atoms with Crippen molar-refractivity contribution in [3.63, 3.8) is 0 Å². The molecule has 0 aromatic heterocycles. The number of hydrogen-bond acceptors (Lipinski definition) is 3. The first-order valence-electron chi connectivity index (χ1n) is 3.09. The van der Waals surface area contributed by atoms with E-state index in [1.807, 2.05) is 0 Å². The Kier molecular flexibility index (Phi) is 5.85. The summed E-state index contributed by atoms with van der Waals surface area (Å²) in [6, 6.07) is 5.39. The number of aliphatic hydroxyl groups is 1. The van der Waals surface area contributed by atoms with Gasteiger partial charge >= 0.3 is 51.4 Å². The van der Waals surface area contributed by atoms with Crippen LogP contribution < -0.4 is 0 Å². The molecule has 1 rings (SSSR count). The van der Waals surface area contributed by atoms with Crippen LogP contribution >= 0.6 is 12.2 Å². The Morgan fingerprint density at radius 2 is 1.85 bits per heavy atom. The molecule has 0 fully saturated rings. The molecule has 0 aliphatic heterocycles. The van der Waals surface area contributed by atoms with Crippen molar-refractivity contribution in [2.75, 3.05) is 0 Å². The van der Waals surface area contributed by atoms with Crippen LogP contribution in [0.2, 0.25) is 0 Å². The monoisotopic (exact) mass is 223 g/mol. The number of hydrogen-bond donors (Lipinski definition) is 1. The van der Waals surface area contributed by atoms with Crippen molar-refractivity contribution in [2.24, 2.45) is 0 Å². The molecule has 0 radical (unpaired) electrons. The van der Waals surface area contributed by atoms with Gasteiger partial charge in [0, 0.05) is 17.7 Å². The van der Waals surface area contributed by atoms with Gasteiger partial charge in [0.15, 0.2) is 5.05 Å². The summed E-state index contributed by atoms with van der Waals surface area (Å²) in [4.78, 5) is 9.68. The Bertz CT molecular complexity index is 292. The summed E-state index contributed by atoms with van der Waals surface area (Å²) < 4.78 is 0. The minimum absolute atomic E-state index is 0. The molecular formula is C7H6KNO3S. The quantitative estimate of drug-likeness (QED) is 0.354. The fourth-order valence-electron chi connectivity index (χ4n) is 0.726. The number of aliphatic hydroxyl groups excluding tert-OH is 1. The first kappa shape index (κ1) is 13.1. The summed E-state index contributed by atoms with van der Waals surface area (Å²) in [5.41, 5.74) is 0.394. The summed E-state index contributed by atoms with van der Waals surface area (Å²) in [7, 11) is 0. The van der Waals surface area contributed by atoms with E-state index in [1.54, 1.807) is 0 Å². The van der Waals surface area contributed by atoms with Gasteiger partial charge in [-0.2, -0.15) is 0 Å². The van der Waals surface area contributed by atoms with Crippen molar-refractivity contribution >= 4 is 74.3 Å². The van der Waals surface area contributed by atoms with Crippen molar-refractivity contribution < 1.29 is 10.0 Å². The molecule has 4 nitrogen and oxygen atoms in total. The summed E-state index contributed by atoms with van der Waals surface area (Å²) in [5, 5.41) is 18.7. The SMILES string of the molecule is O=[N+]([O-])c1ccc(C(O)=S)cc1.[KH]. The normalized spacial score (nSPS) is 8.62. The van der Waals surface area contributed by atoms with E-state index in [-0.39, 0.29) is 62.1 Å². The predicted molar refractivity (Wildman–Crippen MR) is 54.6 cm³/mol. The Morgan fingerprint density at radius 1 is 1.38 bits per heavy atom. The van der Waals surface area contributed by atoms with E-state index in [0.717, 1.165) is 0 Å². The van der Waals surface area contributed by atoms with Gasteiger partial charge in [0.2, 0.25) is 0 Å². The molecule has 0 atom stereocenters. The van der Waals surface area contributed by atoms with E-state index in [4.69, 9.17) is 5.11 Å². The Balaban J connectivity index is 0.00000144. The van der Waals surface area contributed by atoms with E-state index in [1.165, 1.54) is 24.3 Å². The summed E-state index contributed by atoms with van der Waals surface area (Å²) in [5.74, 6) is 0. The van der Waals surface area contributed by atoms with Gasteiger partial charge in [-0.15, -0.1) is 0 Å². The molecule has 64 valence electrons. The van der Waals surface area contributed by atoms with Crippen LogP contribution in [-0.4, -0.2) is 66.5 Å². The van der Waals surface area contributed by atoms with E-state index < -0.39 is 4.92 Å². The number of nitrogens with zero attached hydrogens (tertiary/aromatic N) is 1. The molecule has 0 heterocycles. The molecule has 0 aliphatic rings. The second kappa shape index (κ2) is 5.79. The topological polar surface area (TPSA) is 63.4 Å². The summed E-state index contributed by atoms with van der Waals surface area (Å²) >= 11 is 4.46. The zero-order valence-corrected chi connectivity index (χ0v) is 6.75. The van der Waals surface area contributed by atoms with Crippen molar-refractivity contribution in [2.45, 2.75) is 0 Å². The first-order valence-corrected chi connectivity index (χ1v) is 3.50. The molecule has 0 bridgehead atoms. The van der Waals surface area contributed by atoms with Crippen LogP contribution in [0.15, 0.2) is 24.3 Å². The number of benzene rings is 1. The molecule has 1 aromatic rings. The molecule has 0 spiro atoms. The molecule has 0 aliphatic carbocycles. The van der Waals surface area contributed by atoms with Crippen LogP contribution in [0.4, 0.5) is 5.69 Å². The van der Waals surface area contributed by atoms with E-state index >= 15 is 0 Å². The van der Waals surface area contributed by atoms with Gasteiger partial charge in [-0.3, -0.25) is 10.1 Å². The Hall–Kier alpha value is 0.146. The molecule has 0 saturated heterocycles. The second-order valence-electron chi connectivity index (χ2n) is 2.11. The van der Waals surface area contributed by atoms with E-state index in [0.29, 0.717) is 5.56 Å². The first-order chi connectivity index (χ1) is 5.61. The summed E-state index contributed by atoms with van der Waals surface area (Å²) in [6.45, 7) is 0. The Labute approximate surface area is 123 Å². The molecule has 6 heteroatoms. The maximum atomic E-state index is 10.2. The fraction of sp³-hybridized carbons (Fsp3) is 0. The van der Waals surface area contributed by atoms with Gasteiger partial charge in [0.05, 0.1) is 4.92 Å². The maximum absolute atomic E-state index is 10.2. The zero-order valence-electron chi connectivity index (χ0n) is 5.93. The van der Waals surface area contributed by atoms with Crippen molar-refractivity contribution in [3.05, 3.63) is 39.9 Å². The van der Waals surface area contributed by atoms with Gasteiger partial charge in [-0.05, 0) is 24.4 Å². The van der Waals surface area contributed by atoms with Crippen LogP contribution in [-0.2, 0) is 0 Å².